The molecule has 0 fully saturated rings. The molecular formula is C10H12N2O. The third kappa shape index (κ3) is 1.54. The van der Waals surface area contributed by atoms with Crippen molar-refractivity contribution in [1.82, 2.24) is 4.98 Å². The number of hydrogen-bond acceptors (Lipinski definition) is 2. The number of anilines is 1. The van der Waals surface area contributed by atoms with E-state index in [9.17, 15) is 4.79 Å². The second-order valence-corrected chi connectivity index (χ2v) is 3.38. The van der Waals surface area contributed by atoms with E-state index in [4.69, 9.17) is 0 Å². The second-order valence-electron chi connectivity index (χ2n) is 3.38. The molecule has 1 N–H and O–H groups in total. The van der Waals surface area contributed by atoms with Crippen molar-refractivity contribution in [3.63, 3.8) is 0 Å². The number of hydrogen-bond donors (Lipinski definition) is 1. The molecule has 1 aromatic rings. The van der Waals surface area contributed by atoms with Crippen molar-refractivity contribution in [2.75, 3.05) is 5.32 Å². The molecule has 2 heterocycles. The number of amides is 1. The third-order valence-electron chi connectivity index (χ3n) is 2.38. The summed E-state index contributed by atoms with van der Waals surface area (Å²) < 4.78 is 0. The van der Waals surface area contributed by atoms with Crippen molar-refractivity contribution in [2.24, 2.45) is 0 Å². The molecule has 13 heavy (non-hydrogen) atoms. The van der Waals surface area contributed by atoms with Gasteiger partial charge in [0.15, 0.2) is 0 Å². The number of aromatic nitrogens is 1. The van der Waals surface area contributed by atoms with E-state index >= 15 is 0 Å². The SMILES string of the molecule is Cc1cncc2c1CCCC(=O)N2. The van der Waals surface area contributed by atoms with E-state index in [2.05, 4.69) is 10.3 Å². The number of rotatable bonds is 0. The molecule has 1 aliphatic heterocycles. The molecule has 0 radical (unpaired) electrons. The smallest absolute Gasteiger partial charge is 0.224 e. The molecule has 0 unspecified atom stereocenters. The largest absolute Gasteiger partial charge is 0.324 e. The van der Waals surface area contributed by atoms with Gasteiger partial charge in [0.05, 0.1) is 11.9 Å². The maximum atomic E-state index is 11.2. The maximum Gasteiger partial charge on any atom is 0.224 e. The second kappa shape index (κ2) is 3.17. The summed E-state index contributed by atoms with van der Waals surface area (Å²) in [5.74, 6) is 0.103. The summed E-state index contributed by atoms with van der Waals surface area (Å²) in [6, 6.07) is 0. The van der Waals surface area contributed by atoms with E-state index in [-0.39, 0.29) is 5.91 Å². The topological polar surface area (TPSA) is 42.0 Å². The van der Waals surface area contributed by atoms with Crippen molar-refractivity contribution < 1.29 is 4.79 Å². The Balaban J connectivity index is 2.45. The summed E-state index contributed by atoms with van der Waals surface area (Å²) in [7, 11) is 0. The van der Waals surface area contributed by atoms with Crippen molar-refractivity contribution >= 4 is 11.6 Å². The highest BCUT2D eigenvalue weighted by molar-refractivity contribution is 5.92. The number of nitrogens with one attached hydrogen (secondary N) is 1. The highest BCUT2D eigenvalue weighted by Crippen LogP contribution is 2.23. The first kappa shape index (κ1) is 8.23. The predicted molar refractivity (Wildman–Crippen MR) is 50.5 cm³/mol. The minimum Gasteiger partial charge on any atom is -0.324 e. The summed E-state index contributed by atoms with van der Waals surface area (Å²) in [5.41, 5.74) is 3.29. The Morgan fingerprint density at radius 2 is 2.23 bits per heavy atom. The van der Waals surface area contributed by atoms with E-state index in [1.807, 2.05) is 13.1 Å². The van der Waals surface area contributed by atoms with Gasteiger partial charge in [0.2, 0.25) is 5.91 Å². The van der Waals surface area contributed by atoms with E-state index < -0.39 is 0 Å². The Morgan fingerprint density at radius 1 is 1.38 bits per heavy atom. The fourth-order valence-corrected chi connectivity index (χ4v) is 1.67. The molecule has 2 rings (SSSR count). The van der Waals surface area contributed by atoms with Crippen LogP contribution in [0.1, 0.15) is 24.0 Å². The summed E-state index contributed by atoms with van der Waals surface area (Å²) >= 11 is 0. The van der Waals surface area contributed by atoms with E-state index in [1.54, 1.807) is 6.20 Å². The molecule has 3 heteroatoms. The first-order chi connectivity index (χ1) is 6.27. The molecule has 0 saturated carbocycles. The number of pyridine rings is 1. The van der Waals surface area contributed by atoms with Crippen molar-refractivity contribution in [1.29, 1.82) is 0 Å². The van der Waals surface area contributed by atoms with Gasteiger partial charge in [-0.1, -0.05) is 0 Å². The van der Waals surface area contributed by atoms with Gasteiger partial charge in [-0.15, -0.1) is 0 Å². The van der Waals surface area contributed by atoms with Crippen LogP contribution in [0.25, 0.3) is 0 Å². The van der Waals surface area contributed by atoms with Gasteiger partial charge in [-0.05, 0) is 30.9 Å². The summed E-state index contributed by atoms with van der Waals surface area (Å²) in [5, 5.41) is 2.86. The Bertz CT molecular complexity index is 347. The van der Waals surface area contributed by atoms with Crippen molar-refractivity contribution in [3.8, 4) is 0 Å². The van der Waals surface area contributed by atoms with Gasteiger partial charge in [-0.2, -0.15) is 0 Å². The first-order valence-electron chi connectivity index (χ1n) is 4.50. The Kier molecular flexibility index (Phi) is 2.00. The highest BCUT2D eigenvalue weighted by Gasteiger charge is 2.13. The number of fused-ring (bicyclic) bond motifs is 1. The van der Waals surface area contributed by atoms with Crippen molar-refractivity contribution in [2.45, 2.75) is 26.2 Å². The van der Waals surface area contributed by atoms with Crippen LogP contribution in [0.4, 0.5) is 5.69 Å². The number of carbonyl (C=O) groups is 1. The zero-order valence-electron chi connectivity index (χ0n) is 7.63. The highest BCUT2D eigenvalue weighted by atomic mass is 16.1. The molecule has 0 spiro atoms. The van der Waals surface area contributed by atoms with Gasteiger partial charge in [-0.3, -0.25) is 9.78 Å². The van der Waals surface area contributed by atoms with Crippen LogP contribution >= 0.6 is 0 Å². The zero-order chi connectivity index (χ0) is 9.26. The lowest BCUT2D eigenvalue weighted by Gasteiger charge is -2.07. The molecule has 0 atom stereocenters. The van der Waals surface area contributed by atoms with Gasteiger partial charge in [0.1, 0.15) is 0 Å². The van der Waals surface area contributed by atoms with Crippen LogP contribution in [0.3, 0.4) is 0 Å². The molecule has 0 saturated heterocycles. The van der Waals surface area contributed by atoms with Crippen LogP contribution in [0.5, 0.6) is 0 Å². The average molecular weight is 176 g/mol. The predicted octanol–water partition coefficient (Wildman–Crippen LogP) is 1.66. The van der Waals surface area contributed by atoms with Crippen molar-refractivity contribution in [3.05, 3.63) is 23.5 Å². The van der Waals surface area contributed by atoms with Crippen LogP contribution in [0.2, 0.25) is 0 Å². The number of carbonyl (C=O) groups excluding carboxylic acids is 1. The molecule has 1 amide bonds. The van der Waals surface area contributed by atoms with Gasteiger partial charge in [0.25, 0.3) is 0 Å². The monoisotopic (exact) mass is 176 g/mol. The quantitative estimate of drug-likeness (QED) is 0.653. The third-order valence-corrected chi connectivity index (χ3v) is 2.38. The van der Waals surface area contributed by atoms with Gasteiger partial charge >= 0.3 is 0 Å². The minimum atomic E-state index is 0.103. The molecule has 0 aromatic carbocycles. The lowest BCUT2D eigenvalue weighted by molar-refractivity contribution is -0.116. The van der Waals surface area contributed by atoms with Gasteiger partial charge in [-0.25, -0.2) is 0 Å². The number of nitrogens with zero attached hydrogens (tertiary/aromatic N) is 1. The summed E-state index contributed by atoms with van der Waals surface area (Å²) in [6.07, 6.45) is 6.10. The van der Waals surface area contributed by atoms with E-state index in [1.165, 1.54) is 11.1 Å². The van der Waals surface area contributed by atoms with Crippen LogP contribution < -0.4 is 5.32 Å². The molecular weight excluding hydrogens is 164 g/mol. The van der Waals surface area contributed by atoms with Crippen LogP contribution in [-0.4, -0.2) is 10.9 Å². The maximum absolute atomic E-state index is 11.2. The minimum absolute atomic E-state index is 0.103. The Morgan fingerprint density at radius 3 is 3.08 bits per heavy atom. The fraction of sp³-hybridized carbons (Fsp3) is 0.400. The Labute approximate surface area is 77.2 Å². The van der Waals surface area contributed by atoms with E-state index in [0.29, 0.717) is 6.42 Å². The lowest BCUT2D eigenvalue weighted by atomic mass is 10.1. The fourth-order valence-electron chi connectivity index (χ4n) is 1.67. The van der Waals surface area contributed by atoms with Crippen LogP contribution in [0, 0.1) is 6.92 Å². The molecule has 1 aromatic heterocycles. The Hall–Kier alpha value is -1.38. The summed E-state index contributed by atoms with van der Waals surface area (Å²) in [4.78, 5) is 15.3. The van der Waals surface area contributed by atoms with Crippen LogP contribution in [-0.2, 0) is 11.2 Å². The number of aryl methyl sites for hydroxylation is 1. The van der Waals surface area contributed by atoms with E-state index in [0.717, 1.165) is 18.5 Å². The molecule has 0 bridgehead atoms. The normalized spacial score (nSPS) is 15.9. The zero-order valence-corrected chi connectivity index (χ0v) is 7.63. The molecule has 3 nitrogen and oxygen atoms in total. The average Bonchev–Trinajstić information content (AvgIpc) is 2.27. The van der Waals surface area contributed by atoms with Gasteiger partial charge in [0, 0.05) is 12.6 Å². The molecule has 68 valence electrons. The van der Waals surface area contributed by atoms with Crippen LogP contribution in [0.15, 0.2) is 12.4 Å². The standard InChI is InChI=1S/C10H12N2O/c1-7-5-11-6-9-8(7)3-2-4-10(13)12-9/h5-6H,2-4H2,1H3,(H,12,13). The molecule has 1 aliphatic rings. The molecule has 0 aliphatic carbocycles. The lowest BCUT2D eigenvalue weighted by Crippen LogP contribution is -2.09. The summed E-state index contributed by atoms with van der Waals surface area (Å²) in [6.45, 7) is 2.03. The first-order valence-corrected chi connectivity index (χ1v) is 4.50. The van der Waals surface area contributed by atoms with Gasteiger partial charge < -0.3 is 5.32 Å².